The Labute approximate surface area is 98.8 Å². The summed E-state index contributed by atoms with van der Waals surface area (Å²) in [6.45, 7) is 5.05. The van der Waals surface area contributed by atoms with E-state index in [-0.39, 0.29) is 0 Å². The van der Waals surface area contributed by atoms with Gasteiger partial charge in [-0.25, -0.2) is 0 Å². The maximum absolute atomic E-state index is 12.1. The minimum atomic E-state index is 0.329. The first-order chi connectivity index (χ1) is 7.61. The number of hydrogen-bond donors (Lipinski definition) is 0. The number of rotatable bonds is 2. The molecule has 1 atom stereocenters. The van der Waals surface area contributed by atoms with Gasteiger partial charge in [-0.3, -0.25) is 9.69 Å². The van der Waals surface area contributed by atoms with Gasteiger partial charge >= 0.3 is 0 Å². The highest BCUT2D eigenvalue weighted by atomic mass is 16.2. The summed E-state index contributed by atoms with van der Waals surface area (Å²) in [4.78, 5) is 16.5. The molecule has 2 fully saturated rings. The minimum absolute atomic E-state index is 0.329. The van der Waals surface area contributed by atoms with E-state index >= 15 is 0 Å². The molecule has 0 radical (unpaired) electrons. The Balaban J connectivity index is 2.12. The third-order valence-electron chi connectivity index (χ3n) is 3.97. The monoisotopic (exact) mass is 224 g/mol. The van der Waals surface area contributed by atoms with E-state index in [1.807, 2.05) is 0 Å². The number of carbonyl (C=O) groups is 1. The summed E-state index contributed by atoms with van der Waals surface area (Å²) in [6, 6.07) is 0.513. The Bertz CT molecular complexity index is 259. The lowest BCUT2D eigenvalue weighted by atomic mass is 9.93. The van der Waals surface area contributed by atoms with E-state index < -0.39 is 0 Å². The van der Waals surface area contributed by atoms with Gasteiger partial charge in [0, 0.05) is 6.04 Å². The molecule has 1 amide bonds. The Kier molecular flexibility index (Phi) is 3.53. The lowest BCUT2D eigenvalue weighted by Gasteiger charge is -2.38. The molecule has 0 bridgehead atoms. The summed E-state index contributed by atoms with van der Waals surface area (Å²) in [5.74, 6) is 0.867. The topological polar surface area (TPSA) is 23.6 Å². The quantitative estimate of drug-likeness (QED) is 0.717. The van der Waals surface area contributed by atoms with Crippen molar-refractivity contribution in [2.45, 2.75) is 58.2 Å². The zero-order valence-corrected chi connectivity index (χ0v) is 10.8. The molecule has 3 nitrogen and oxygen atoms in total. The fourth-order valence-corrected chi connectivity index (χ4v) is 3.36. The minimum Gasteiger partial charge on any atom is -0.323 e. The van der Waals surface area contributed by atoms with Crippen LogP contribution < -0.4 is 0 Å². The molecule has 0 aromatic rings. The van der Waals surface area contributed by atoms with Gasteiger partial charge in [0.25, 0.3) is 0 Å². The van der Waals surface area contributed by atoms with Crippen LogP contribution in [0.1, 0.15) is 46.0 Å². The lowest BCUT2D eigenvalue weighted by molar-refractivity contribution is -0.131. The average molecular weight is 224 g/mol. The molecule has 1 aliphatic carbocycles. The Morgan fingerprint density at radius 2 is 1.81 bits per heavy atom. The standard InChI is InChI=1S/C13H24N2O/c1-10(2)13-14(3)9-12(16)15(13)11-7-5-4-6-8-11/h10-11,13H,4-9H2,1-3H3. The summed E-state index contributed by atoms with van der Waals surface area (Å²) >= 11 is 0. The number of hydrogen-bond acceptors (Lipinski definition) is 2. The van der Waals surface area contributed by atoms with Gasteiger partial charge in [-0.2, -0.15) is 0 Å². The van der Waals surface area contributed by atoms with E-state index in [1.165, 1.54) is 32.1 Å². The average Bonchev–Trinajstić information content (AvgIpc) is 2.55. The van der Waals surface area contributed by atoms with Gasteiger partial charge in [-0.05, 0) is 25.8 Å². The summed E-state index contributed by atoms with van der Waals surface area (Å²) in [6.07, 6.45) is 6.69. The Hall–Kier alpha value is -0.570. The molecule has 1 saturated carbocycles. The van der Waals surface area contributed by atoms with E-state index in [1.54, 1.807) is 0 Å². The first kappa shape index (κ1) is 11.9. The van der Waals surface area contributed by atoms with Crippen LogP contribution in [-0.2, 0) is 4.79 Å². The largest absolute Gasteiger partial charge is 0.323 e. The first-order valence-electron chi connectivity index (χ1n) is 6.62. The van der Waals surface area contributed by atoms with Crippen molar-refractivity contribution in [3.05, 3.63) is 0 Å². The molecule has 92 valence electrons. The van der Waals surface area contributed by atoms with Crippen LogP contribution in [0.15, 0.2) is 0 Å². The molecular weight excluding hydrogens is 200 g/mol. The van der Waals surface area contributed by atoms with Crippen molar-refractivity contribution in [2.75, 3.05) is 13.6 Å². The zero-order chi connectivity index (χ0) is 11.7. The molecule has 16 heavy (non-hydrogen) atoms. The van der Waals surface area contributed by atoms with Gasteiger partial charge in [0.1, 0.15) is 0 Å². The van der Waals surface area contributed by atoms with Crippen molar-refractivity contribution in [1.82, 2.24) is 9.80 Å². The van der Waals surface area contributed by atoms with Gasteiger partial charge in [0.2, 0.25) is 5.91 Å². The summed E-state index contributed by atoms with van der Waals surface area (Å²) in [7, 11) is 2.07. The second kappa shape index (κ2) is 4.74. The van der Waals surface area contributed by atoms with Gasteiger partial charge in [-0.15, -0.1) is 0 Å². The van der Waals surface area contributed by atoms with Crippen molar-refractivity contribution in [3.63, 3.8) is 0 Å². The van der Waals surface area contributed by atoms with Crippen LogP contribution in [0.5, 0.6) is 0 Å². The highest BCUT2D eigenvalue weighted by molar-refractivity contribution is 5.81. The molecule has 3 heteroatoms. The molecule has 0 N–H and O–H groups in total. The number of amides is 1. The van der Waals surface area contributed by atoms with Gasteiger partial charge in [-0.1, -0.05) is 33.1 Å². The SMILES string of the molecule is CC(C)C1N(C)CC(=O)N1C1CCCCC1. The predicted molar refractivity (Wildman–Crippen MR) is 65.0 cm³/mol. The smallest absolute Gasteiger partial charge is 0.238 e. The summed E-state index contributed by atoms with van der Waals surface area (Å²) in [5, 5.41) is 0. The summed E-state index contributed by atoms with van der Waals surface area (Å²) in [5.41, 5.74) is 0. The van der Waals surface area contributed by atoms with Crippen LogP contribution in [0.4, 0.5) is 0 Å². The third kappa shape index (κ3) is 2.10. The van der Waals surface area contributed by atoms with Gasteiger partial charge in [0.15, 0.2) is 0 Å². The zero-order valence-electron chi connectivity index (χ0n) is 10.8. The fourth-order valence-electron chi connectivity index (χ4n) is 3.36. The van der Waals surface area contributed by atoms with Crippen LogP contribution in [-0.4, -0.2) is 41.5 Å². The van der Waals surface area contributed by atoms with Gasteiger partial charge < -0.3 is 4.90 Å². The molecule has 1 heterocycles. The third-order valence-corrected chi connectivity index (χ3v) is 3.97. The van der Waals surface area contributed by atoms with Crippen LogP contribution in [0.3, 0.4) is 0 Å². The molecular formula is C13H24N2O. The van der Waals surface area contributed by atoms with E-state index in [4.69, 9.17) is 0 Å². The molecule has 0 spiro atoms. The molecule has 0 aromatic heterocycles. The molecule has 0 aromatic carbocycles. The Morgan fingerprint density at radius 1 is 1.19 bits per heavy atom. The van der Waals surface area contributed by atoms with E-state index in [9.17, 15) is 4.79 Å². The fraction of sp³-hybridized carbons (Fsp3) is 0.923. The van der Waals surface area contributed by atoms with E-state index in [0.717, 1.165) is 0 Å². The highest BCUT2D eigenvalue weighted by Crippen LogP contribution is 2.30. The normalized spacial score (nSPS) is 29.4. The maximum Gasteiger partial charge on any atom is 0.238 e. The van der Waals surface area contributed by atoms with Crippen LogP contribution >= 0.6 is 0 Å². The predicted octanol–water partition coefficient (Wildman–Crippen LogP) is 2.08. The number of carbonyl (C=O) groups excluding carboxylic acids is 1. The second-order valence-corrected chi connectivity index (χ2v) is 5.67. The molecule has 2 rings (SSSR count). The van der Waals surface area contributed by atoms with Crippen molar-refractivity contribution in [3.8, 4) is 0 Å². The summed E-state index contributed by atoms with van der Waals surface area (Å²) < 4.78 is 0. The maximum atomic E-state index is 12.1. The van der Waals surface area contributed by atoms with Crippen LogP contribution in [0.2, 0.25) is 0 Å². The van der Waals surface area contributed by atoms with Crippen molar-refractivity contribution in [2.24, 2.45) is 5.92 Å². The number of likely N-dealkylation sites (N-methyl/N-ethyl adjacent to an activating group) is 1. The molecule has 1 unspecified atom stereocenters. The van der Waals surface area contributed by atoms with E-state index in [2.05, 4.69) is 30.7 Å². The van der Waals surface area contributed by atoms with Crippen LogP contribution in [0.25, 0.3) is 0 Å². The van der Waals surface area contributed by atoms with Crippen molar-refractivity contribution < 1.29 is 4.79 Å². The van der Waals surface area contributed by atoms with Crippen LogP contribution in [0, 0.1) is 5.92 Å². The highest BCUT2D eigenvalue weighted by Gasteiger charge is 2.41. The number of nitrogens with zero attached hydrogens (tertiary/aromatic N) is 2. The molecule has 1 saturated heterocycles. The second-order valence-electron chi connectivity index (χ2n) is 5.67. The van der Waals surface area contributed by atoms with Crippen molar-refractivity contribution >= 4 is 5.91 Å². The molecule has 1 aliphatic heterocycles. The van der Waals surface area contributed by atoms with Crippen molar-refractivity contribution in [1.29, 1.82) is 0 Å². The van der Waals surface area contributed by atoms with Gasteiger partial charge in [0.05, 0.1) is 12.7 Å². The Morgan fingerprint density at radius 3 is 2.38 bits per heavy atom. The lowest BCUT2D eigenvalue weighted by Crippen LogP contribution is -2.48. The first-order valence-corrected chi connectivity index (χ1v) is 6.62. The van der Waals surface area contributed by atoms with E-state index in [0.29, 0.717) is 30.6 Å². The molecule has 2 aliphatic rings.